The third kappa shape index (κ3) is 4.96. The highest BCUT2D eigenvalue weighted by Gasteiger charge is 2.33. The van der Waals surface area contributed by atoms with Gasteiger partial charge in [-0.25, -0.2) is 18.7 Å². The van der Waals surface area contributed by atoms with Crippen LogP contribution in [0.25, 0.3) is 0 Å². The highest BCUT2D eigenvalue weighted by Crippen LogP contribution is 2.31. The van der Waals surface area contributed by atoms with Crippen LogP contribution in [0.3, 0.4) is 0 Å². The van der Waals surface area contributed by atoms with Crippen LogP contribution in [0.1, 0.15) is 26.7 Å². The highest BCUT2D eigenvalue weighted by atomic mass is 19.1. The van der Waals surface area contributed by atoms with E-state index in [-0.39, 0.29) is 19.1 Å². The summed E-state index contributed by atoms with van der Waals surface area (Å²) >= 11 is 0. The fraction of sp³-hybridized carbons (Fsp3) is 0.455. The van der Waals surface area contributed by atoms with Gasteiger partial charge in [-0.3, -0.25) is 4.90 Å². The van der Waals surface area contributed by atoms with Crippen molar-refractivity contribution in [1.82, 2.24) is 15.0 Å². The first-order valence-corrected chi connectivity index (χ1v) is 10.8. The molecule has 0 bridgehead atoms. The molecule has 0 unspecified atom stereocenters. The van der Waals surface area contributed by atoms with E-state index in [0.717, 1.165) is 11.8 Å². The van der Waals surface area contributed by atoms with Crippen molar-refractivity contribution in [2.75, 3.05) is 36.0 Å². The predicted molar refractivity (Wildman–Crippen MR) is 115 cm³/mol. The Labute approximate surface area is 189 Å². The topological polar surface area (TPSA) is 89.8 Å². The lowest BCUT2D eigenvalue weighted by Gasteiger charge is -2.31. The lowest BCUT2D eigenvalue weighted by molar-refractivity contribution is -0.138. The molecule has 1 aromatic carbocycles. The van der Waals surface area contributed by atoms with Crippen molar-refractivity contribution in [3.05, 3.63) is 47.3 Å². The number of carbonyl (C=O) groups excluding carboxylic acids is 2. The van der Waals surface area contributed by atoms with Gasteiger partial charge in [-0.1, -0.05) is 15.9 Å². The summed E-state index contributed by atoms with van der Waals surface area (Å²) in [5, 5.41) is 6.87. The molecule has 3 heterocycles. The molecule has 1 aromatic heterocycles. The van der Waals surface area contributed by atoms with Crippen LogP contribution in [0.15, 0.2) is 35.5 Å². The molecule has 1 amide bonds. The number of ether oxygens (including phenoxy) is 2. The van der Waals surface area contributed by atoms with Crippen molar-refractivity contribution in [2.45, 2.75) is 39.3 Å². The molecular weight excluding hydrogens is 436 g/mol. The average Bonchev–Trinajstić information content (AvgIpc) is 3.38. The van der Waals surface area contributed by atoms with Gasteiger partial charge in [0.25, 0.3) is 5.95 Å². The van der Waals surface area contributed by atoms with Gasteiger partial charge < -0.3 is 14.4 Å². The molecule has 0 spiro atoms. The van der Waals surface area contributed by atoms with Crippen LogP contribution in [-0.4, -0.2) is 59.4 Å². The van der Waals surface area contributed by atoms with Gasteiger partial charge in [-0.05, 0) is 44.9 Å². The summed E-state index contributed by atoms with van der Waals surface area (Å²) in [4.78, 5) is 27.5. The maximum Gasteiger partial charge on any atom is 0.414 e. The minimum atomic E-state index is -0.717. The predicted octanol–water partition coefficient (Wildman–Crippen LogP) is 3.06. The van der Waals surface area contributed by atoms with E-state index in [4.69, 9.17) is 9.47 Å². The van der Waals surface area contributed by atoms with E-state index in [9.17, 15) is 18.4 Å². The number of hydrogen-bond donors (Lipinski definition) is 0. The van der Waals surface area contributed by atoms with E-state index < -0.39 is 24.0 Å². The maximum absolute atomic E-state index is 15.0. The Hall–Kier alpha value is -3.50. The number of nitrogens with zero attached hydrogens (tertiary/aromatic N) is 5. The maximum atomic E-state index is 15.0. The Kier molecular flexibility index (Phi) is 6.57. The molecule has 11 heteroatoms. The monoisotopic (exact) mass is 461 g/mol. The zero-order chi connectivity index (χ0) is 23.5. The van der Waals surface area contributed by atoms with Crippen molar-refractivity contribution in [2.24, 2.45) is 0 Å². The lowest BCUT2D eigenvalue weighted by Crippen LogP contribution is -2.32. The van der Waals surface area contributed by atoms with Crippen LogP contribution in [0.4, 0.5) is 25.0 Å². The van der Waals surface area contributed by atoms with Crippen LogP contribution >= 0.6 is 0 Å². The molecular formula is C22H25F2N5O4. The van der Waals surface area contributed by atoms with Crippen LogP contribution < -0.4 is 9.80 Å². The standard InChI is InChI=1S/C22H25F2N5O4/c1-3-32-21(30)14(2)15-6-8-27(9-7-15)19-5-4-16(10-18(19)23)29-12-17(33-22(29)31)11-28-13-20(24)25-26-28/h4-5,10,13,17H,3,6-9,11-12H2,1-2H3/t17-/m0/s1. The van der Waals surface area contributed by atoms with Gasteiger partial charge in [0.2, 0.25) is 0 Å². The van der Waals surface area contributed by atoms with Gasteiger partial charge in [-0.15, -0.1) is 0 Å². The highest BCUT2D eigenvalue weighted by molar-refractivity contribution is 5.90. The summed E-state index contributed by atoms with van der Waals surface area (Å²) in [5.41, 5.74) is 2.47. The Morgan fingerprint density at radius 2 is 2.03 bits per heavy atom. The minimum absolute atomic E-state index is 0.147. The largest absolute Gasteiger partial charge is 0.463 e. The number of piperidine rings is 1. The van der Waals surface area contributed by atoms with Gasteiger partial charge in [-0.2, -0.15) is 4.39 Å². The molecule has 0 aliphatic carbocycles. The van der Waals surface area contributed by atoms with E-state index in [1.807, 2.05) is 4.90 Å². The molecule has 1 atom stereocenters. The minimum Gasteiger partial charge on any atom is -0.463 e. The molecule has 2 aliphatic rings. The van der Waals surface area contributed by atoms with Gasteiger partial charge in [0.15, 0.2) is 0 Å². The van der Waals surface area contributed by atoms with Crippen molar-refractivity contribution >= 4 is 23.4 Å². The van der Waals surface area contributed by atoms with Crippen LogP contribution in [0, 0.1) is 11.8 Å². The Morgan fingerprint density at radius 1 is 1.27 bits per heavy atom. The van der Waals surface area contributed by atoms with Crippen molar-refractivity contribution < 1.29 is 27.8 Å². The number of hydrogen-bond acceptors (Lipinski definition) is 7. The molecule has 4 rings (SSSR count). The Balaban J connectivity index is 1.40. The van der Waals surface area contributed by atoms with Crippen LogP contribution in [0.5, 0.6) is 0 Å². The molecule has 176 valence electrons. The smallest absolute Gasteiger partial charge is 0.414 e. The first-order chi connectivity index (χ1) is 15.9. The van der Waals surface area contributed by atoms with Gasteiger partial charge >= 0.3 is 12.1 Å². The number of esters is 1. The van der Waals surface area contributed by atoms with E-state index in [0.29, 0.717) is 49.5 Å². The second-order valence-electron chi connectivity index (χ2n) is 7.95. The molecule has 2 saturated heterocycles. The number of aromatic nitrogens is 3. The third-order valence-corrected chi connectivity index (χ3v) is 5.84. The fourth-order valence-corrected chi connectivity index (χ4v) is 4.10. The number of cyclic esters (lactones) is 1. The zero-order valence-electron chi connectivity index (χ0n) is 18.5. The summed E-state index contributed by atoms with van der Waals surface area (Å²) in [6, 6.07) is 4.63. The normalized spacial score (nSPS) is 18.5. The zero-order valence-corrected chi connectivity index (χ0v) is 18.5. The van der Waals surface area contributed by atoms with Crippen molar-refractivity contribution in [3.63, 3.8) is 0 Å². The molecule has 2 aromatic rings. The van der Waals surface area contributed by atoms with Crippen LogP contribution in [0.2, 0.25) is 0 Å². The molecule has 9 nitrogen and oxygen atoms in total. The number of halogens is 2. The second kappa shape index (κ2) is 9.55. The molecule has 0 saturated carbocycles. The first kappa shape index (κ1) is 22.7. The number of amides is 1. The molecule has 0 radical (unpaired) electrons. The summed E-state index contributed by atoms with van der Waals surface area (Å²) in [6.45, 7) is 5.34. The van der Waals surface area contributed by atoms with Gasteiger partial charge in [0.05, 0.1) is 37.3 Å². The second-order valence-corrected chi connectivity index (χ2v) is 7.95. The number of benzene rings is 1. The molecule has 2 fully saturated rings. The number of anilines is 2. The quantitative estimate of drug-likeness (QED) is 0.482. The van der Waals surface area contributed by atoms with E-state index in [1.54, 1.807) is 26.0 Å². The Morgan fingerprint density at radius 3 is 2.67 bits per heavy atom. The molecule has 0 N–H and O–H groups in total. The van der Waals surface area contributed by atoms with Gasteiger partial charge in [0.1, 0.15) is 11.9 Å². The van der Waals surface area contributed by atoms with Crippen LogP contribution in [-0.2, 0) is 20.8 Å². The summed E-state index contributed by atoms with van der Waals surface area (Å²) in [5.74, 6) is -1.47. The first-order valence-electron chi connectivity index (χ1n) is 10.8. The summed E-state index contributed by atoms with van der Waals surface area (Å²) in [7, 11) is 0. The Bertz CT molecular complexity index is 1080. The SMILES string of the molecule is CCOC(=O)C(C)=C1CCN(c2ccc(N3C[C@H](Cn4cc(F)nn4)OC3=O)cc2F)CC1. The van der Waals surface area contributed by atoms with Gasteiger partial charge in [0, 0.05) is 18.7 Å². The van der Waals surface area contributed by atoms with E-state index in [2.05, 4.69) is 10.3 Å². The third-order valence-electron chi connectivity index (χ3n) is 5.84. The van der Waals surface area contributed by atoms with Crippen molar-refractivity contribution in [3.8, 4) is 0 Å². The summed E-state index contributed by atoms with van der Waals surface area (Å²) < 4.78 is 39.6. The lowest BCUT2D eigenvalue weighted by atomic mass is 9.98. The molecule has 33 heavy (non-hydrogen) atoms. The fourth-order valence-electron chi connectivity index (χ4n) is 4.10. The number of rotatable bonds is 6. The number of carbonyl (C=O) groups is 2. The van der Waals surface area contributed by atoms with E-state index in [1.165, 1.54) is 15.6 Å². The molecule has 2 aliphatic heterocycles. The average molecular weight is 461 g/mol. The summed E-state index contributed by atoms with van der Waals surface area (Å²) in [6.07, 6.45) is 1.24. The van der Waals surface area contributed by atoms with E-state index >= 15 is 0 Å². The van der Waals surface area contributed by atoms with Crippen molar-refractivity contribution in [1.29, 1.82) is 0 Å².